The van der Waals surface area contributed by atoms with Gasteiger partial charge in [-0.05, 0) is 106 Å². The van der Waals surface area contributed by atoms with E-state index in [0.29, 0.717) is 18.0 Å². The molecular formula is C50H51N3O7. The third kappa shape index (κ3) is 9.65. The molecule has 0 bridgehead atoms. The van der Waals surface area contributed by atoms with Gasteiger partial charge in [0.25, 0.3) is 0 Å². The summed E-state index contributed by atoms with van der Waals surface area (Å²) >= 11 is 0. The molecular weight excluding hydrogens is 755 g/mol. The molecule has 0 spiro atoms. The van der Waals surface area contributed by atoms with Crippen molar-refractivity contribution in [1.29, 1.82) is 0 Å². The lowest BCUT2D eigenvalue weighted by atomic mass is 9.89. The van der Waals surface area contributed by atoms with E-state index >= 15 is 0 Å². The summed E-state index contributed by atoms with van der Waals surface area (Å²) in [6, 6.07) is 45.2. The number of methoxy groups -OCH3 is 2. The molecule has 4 atom stereocenters. The Morgan fingerprint density at radius 3 is 2.17 bits per heavy atom. The zero-order chi connectivity index (χ0) is 41.4. The van der Waals surface area contributed by atoms with E-state index in [4.69, 9.17) is 23.7 Å². The number of carbonyl (C=O) groups excluding carboxylic acids is 1. The molecule has 4 unspecified atom stereocenters. The number of amides is 2. The smallest absolute Gasteiger partial charge is 0.319 e. The molecule has 0 aliphatic carbocycles. The molecule has 0 radical (unpaired) electrons. The maximum absolute atomic E-state index is 12.9. The lowest BCUT2D eigenvalue weighted by Gasteiger charge is -2.43. The maximum atomic E-state index is 12.9. The zero-order valence-electron chi connectivity index (χ0n) is 34.2. The SMILES string of the molecule is COc1cc2c(cc1OC)CN(CC1OC(c3cccc(-c4cccc(CNC(=O)Nc5ccc(Oc6ccccc6)cc5)c4)c3)OC(c3ccc(CO)cc3)C1C)CC2. The topological polar surface area (TPSA) is 111 Å². The standard InChI is InChI=1S/C50H51N3O7/c1-33-47(31-53-24-23-39-27-45(56-2)46(57-3)28-41(39)30-53)59-49(60-48(33)36-17-15-34(32-54)16-18-36)40-12-8-11-38(26-40)37-10-7-9-35(25-37)29-51-50(55)52-42-19-21-44(22-20-42)58-43-13-5-4-6-14-43/h4-22,25-28,33,47-49,54H,23-24,29-32H2,1-3H3,(H2,51,52,55). The fraction of sp³-hybridized carbons (Fsp3) is 0.260. The third-order valence-electron chi connectivity index (χ3n) is 11.3. The predicted octanol–water partition coefficient (Wildman–Crippen LogP) is 9.83. The van der Waals surface area contributed by atoms with Crippen LogP contribution in [0.15, 0.2) is 140 Å². The number of hydrogen-bond donors (Lipinski definition) is 3. The monoisotopic (exact) mass is 805 g/mol. The van der Waals surface area contributed by atoms with Crippen LogP contribution in [0.25, 0.3) is 11.1 Å². The van der Waals surface area contributed by atoms with Gasteiger partial charge in [0.1, 0.15) is 11.5 Å². The largest absolute Gasteiger partial charge is 0.493 e. The van der Waals surface area contributed by atoms with Crippen molar-refractivity contribution < 1.29 is 33.6 Å². The minimum Gasteiger partial charge on any atom is -0.493 e. The molecule has 10 nitrogen and oxygen atoms in total. The van der Waals surface area contributed by atoms with Gasteiger partial charge in [0, 0.05) is 43.3 Å². The predicted molar refractivity (Wildman–Crippen MR) is 232 cm³/mol. The van der Waals surface area contributed by atoms with Crippen molar-refractivity contribution in [3.63, 3.8) is 0 Å². The molecule has 10 heteroatoms. The Labute approximate surface area is 351 Å². The number of benzene rings is 6. The summed E-state index contributed by atoms with van der Waals surface area (Å²) in [7, 11) is 3.35. The van der Waals surface area contributed by atoms with Crippen molar-refractivity contribution in [3.05, 3.63) is 173 Å². The van der Waals surface area contributed by atoms with Gasteiger partial charge in [0.05, 0.1) is 33.0 Å². The first-order valence-corrected chi connectivity index (χ1v) is 20.4. The van der Waals surface area contributed by atoms with Crippen molar-refractivity contribution in [2.75, 3.05) is 32.6 Å². The third-order valence-corrected chi connectivity index (χ3v) is 11.3. The van der Waals surface area contributed by atoms with Crippen LogP contribution in [0.4, 0.5) is 10.5 Å². The van der Waals surface area contributed by atoms with Gasteiger partial charge in [-0.15, -0.1) is 0 Å². The number of para-hydroxylation sites is 1. The Balaban J connectivity index is 0.952. The summed E-state index contributed by atoms with van der Waals surface area (Å²) in [6.45, 7) is 4.95. The highest BCUT2D eigenvalue weighted by Crippen LogP contribution is 2.43. The van der Waals surface area contributed by atoms with Crippen LogP contribution in [0.3, 0.4) is 0 Å². The normalized spacial score (nSPS) is 18.9. The molecule has 2 aliphatic rings. The Bertz CT molecular complexity index is 2370. The van der Waals surface area contributed by atoms with E-state index in [9.17, 15) is 9.90 Å². The summed E-state index contributed by atoms with van der Waals surface area (Å²) in [6.07, 6.45) is -0.0588. The summed E-state index contributed by atoms with van der Waals surface area (Å²) in [5.41, 5.74) is 8.99. The number of nitrogens with one attached hydrogen (secondary N) is 2. The molecule has 1 saturated heterocycles. The van der Waals surface area contributed by atoms with Crippen LogP contribution >= 0.6 is 0 Å². The first kappa shape index (κ1) is 40.6. The average Bonchev–Trinajstić information content (AvgIpc) is 3.29. The first-order valence-electron chi connectivity index (χ1n) is 20.4. The van der Waals surface area contributed by atoms with E-state index in [0.717, 1.165) is 76.7 Å². The molecule has 0 aromatic heterocycles. The molecule has 2 amide bonds. The molecule has 8 rings (SSSR count). The maximum Gasteiger partial charge on any atom is 0.319 e. The number of hydrogen-bond acceptors (Lipinski definition) is 8. The number of aliphatic hydroxyl groups excluding tert-OH is 1. The van der Waals surface area contributed by atoms with Crippen LogP contribution in [-0.4, -0.2) is 49.5 Å². The van der Waals surface area contributed by atoms with Gasteiger partial charge in [0.15, 0.2) is 17.8 Å². The number of fused-ring (bicyclic) bond motifs is 1. The van der Waals surface area contributed by atoms with Gasteiger partial charge in [-0.2, -0.15) is 0 Å². The van der Waals surface area contributed by atoms with Crippen LogP contribution < -0.4 is 24.8 Å². The Morgan fingerprint density at radius 2 is 1.43 bits per heavy atom. The van der Waals surface area contributed by atoms with Crippen molar-refractivity contribution >= 4 is 11.7 Å². The molecule has 2 heterocycles. The summed E-state index contributed by atoms with van der Waals surface area (Å²) in [5.74, 6) is 2.97. The highest BCUT2D eigenvalue weighted by molar-refractivity contribution is 5.89. The molecule has 1 fully saturated rings. The second-order valence-corrected chi connectivity index (χ2v) is 15.4. The lowest BCUT2D eigenvalue weighted by Crippen LogP contribution is -2.45. The van der Waals surface area contributed by atoms with Crippen LogP contribution in [0, 0.1) is 5.92 Å². The lowest BCUT2D eigenvalue weighted by molar-refractivity contribution is -0.276. The quantitative estimate of drug-likeness (QED) is 0.106. The molecule has 60 heavy (non-hydrogen) atoms. The van der Waals surface area contributed by atoms with Crippen LogP contribution in [0.5, 0.6) is 23.0 Å². The zero-order valence-corrected chi connectivity index (χ0v) is 34.2. The van der Waals surface area contributed by atoms with Crippen molar-refractivity contribution in [1.82, 2.24) is 10.2 Å². The molecule has 308 valence electrons. The van der Waals surface area contributed by atoms with Gasteiger partial charge in [0.2, 0.25) is 0 Å². The number of anilines is 1. The Morgan fingerprint density at radius 1 is 0.733 bits per heavy atom. The molecule has 6 aromatic rings. The van der Waals surface area contributed by atoms with E-state index in [2.05, 4.69) is 77.1 Å². The molecule has 2 aliphatic heterocycles. The number of urea groups is 1. The molecule has 6 aromatic carbocycles. The van der Waals surface area contributed by atoms with Gasteiger partial charge >= 0.3 is 6.03 Å². The second-order valence-electron chi connectivity index (χ2n) is 15.4. The van der Waals surface area contributed by atoms with Crippen molar-refractivity contribution in [3.8, 4) is 34.1 Å². The molecule has 0 saturated carbocycles. The van der Waals surface area contributed by atoms with Gasteiger partial charge in [-0.25, -0.2) is 4.79 Å². The second kappa shape index (κ2) is 18.8. The highest BCUT2D eigenvalue weighted by atomic mass is 16.7. The van der Waals surface area contributed by atoms with Gasteiger partial charge < -0.3 is 39.4 Å². The summed E-state index contributed by atoms with van der Waals surface area (Å²) in [5, 5.41) is 15.6. The first-order chi connectivity index (χ1) is 29.3. The van der Waals surface area contributed by atoms with Crippen LogP contribution in [-0.2, 0) is 35.6 Å². The van der Waals surface area contributed by atoms with Gasteiger partial charge in [-0.1, -0.05) is 85.8 Å². The van der Waals surface area contributed by atoms with E-state index < -0.39 is 6.29 Å². The fourth-order valence-electron chi connectivity index (χ4n) is 7.99. The summed E-state index contributed by atoms with van der Waals surface area (Å²) < 4.78 is 30.8. The Kier molecular flexibility index (Phi) is 12.7. The van der Waals surface area contributed by atoms with Gasteiger partial charge in [-0.3, -0.25) is 4.90 Å². The van der Waals surface area contributed by atoms with E-state index in [1.54, 1.807) is 14.2 Å². The average molecular weight is 806 g/mol. The fourth-order valence-corrected chi connectivity index (χ4v) is 7.99. The Hall–Kier alpha value is -6.17. The van der Waals surface area contributed by atoms with Crippen molar-refractivity contribution in [2.45, 2.75) is 51.5 Å². The molecule has 3 N–H and O–H groups in total. The number of aliphatic hydroxyl groups is 1. The number of rotatable bonds is 13. The summed E-state index contributed by atoms with van der Waals surface area (Å²) in [4.78, 5) is 15.3. The minimum atomic E-state index is -0.609. The van der Waals surface area contributed by atoms with Crippen LogP contribution in [0.1, 0.15) is 52.7 Å². The highest BCUT2D eigenvalue weighted by Gasteiger charge is 2.39. The number of ether oxygens (including phenoxy) is 5. The number of nitrogens with zero attached hydrogens (tertiary/aromatic N) is 1. The van der Waals surface area contributed by atoms with E-state index in [1.165, 1.54) is 11.1 Å². The van der Waals surface area contributed by atoms with Crippen LogP contribution in [0.2, 0.25) is 0 Å². The van der Waals surface area contributed by atoms with Crippen molar-refractivity contribution in [2.24, 2.45) is 5.92 Å². The van der Waals surface area contributed by atoms with E-state index in [-0.39, 0.29) is 30.8 Å². The number of carbonyl (C=O) groups is 1. The minimum absolute atomic E-state index is 0.0133. The van der Waals surface area contributed by atoms with E-state index in [1.807, 2.05) is 84.9 Å².